The van der Waals surface area contributed by atoms with Crippen LogP contribution in [0, 0.1) is 5.92 Å². The number of nitrogens with one attached hydrogen (secondary N) is 2. The molecule has 1 heterocycles. The van der Waals surface area contributed by atoms with Crippen molar-refractivity contribution in [1.82, 2.24) is 10.3 Å². The van der Waals surface area contributed by atoms with Crippen molar-refractivity contribution in [3.63, 3.8) is 0 Å². The molecule has 1 amide bonds. The van der Waals surface area contributed by atoms with Crippen LogP contribution in [0.4, 0.5) is 5.69 Å². The molecule has 1 unspecified atom stereocenters. The van der Waals surface area contributed by atoms with Crippen molar-refractivity contribution in [3.05, 3.63) is 24.0 Å². The maximum atomic E-state index is 11.4. The summed E-state index contributed by atoms with van der Waals surface area (Å²) in [4.78, 5) is 15.4. The molecule has 0 saturated heterocycles. The van der Waals surface area contributed by atoms with Gasteiger partial charge in [-0.1, -0.05) is 0 Å². The highest BCUT2D eigenvalue weighted by atomic mass is 16.1. The number of amides is 1. The van der Waals surface area contributed by atoms with Crippen LogP contribution in [0.1, 0.15) is 23.3 Å². The Labute approximate surface area is 101 Å². The third-order valence-corrected chi connectivity index (χ3v) is 2.99. The molecule has 1 aromatic rings. The highest BCUT2D eigenvalue weighted by molar-refractivity contribution is 5.92. The number of aromatic nitrogens is 1. The highest BCUT2D eigenvalue weighted by Crippen LogP contribution is 2.31. The van der Waals surface area contributed by atoms with Crippen molar-refractivity contribution in [3.8, 4) is 0 Å². The third kappa shape index (κ3) is 3.17. The number of nitrogens with two attached hydrogens (primary N) is 1. The Kier molecular flexibility index (Phi) is 3.58. The zero-order chi connectivity index (χ0) is 12.3. The number of anilines is 1. The lowest BCUT2D eigenvalue weighted by Gasteiger charge is -2.12. The third-order valence-electron chi connectivity index (χ3n) is 2.99. The summed E-state index contributed by atoms with van der Waals surface area (Å²) in [5, 5.41) is 5.79. The van der Waals surface area contributed by atoms with E-state index in [0.29, 0.717) is 11.6 Å². The van der Waals surface area contributed by atoms with Gasteiger partial charge in [-0.05, 0) is 30.9 Å². The molecule has 0 spiro atoms. The van der Waals surface area contributed by atoms with Gasteiger partial charge in [0.2, 0.25) is 0 Å². The van der Waals surface area contributed by atoms with E-state index in [1.807, 2.05) is 6.07 Å². The SMILES string of the molecule is CNC(=O)c1cc(NCC(N)C2CC2)ccn1. The Morgan fingerprint density at radius 1 is 1.65 bits per heavy atom. The van der Waals surface area contributed by atoms with Crippen LogP contribution in [-0.2, 0) is 0 Å². The van der Waals surface area contributed by atoms with Gasteiger partial charge in [-0.3, -0.25) is 9.78 Å². The van der Waals surface area contributed by atoms with Gasteiger partial charge in [0.05, 0.1) is 0 Å². The lowest BCUT2D eigenvalue weighted by molar-refractivity contribution is 0.0958. The van der Waals surface area contributed by atoms with Crippen molar-refractivity contribution in [2.75, 3.05) is 18.9 Å². The Bertz CT molecular complexity index is 403. The van der Waals surface area contributed by atoms with E-state index in [0.717, 1.165) is 12.2 Å². The van der Waals surface area contributed by atoms with Crippen LogP contribution in [0.5, 0.6) is 0 Å². The highest BCUT2D eigenvalue weighted by Gasteiger charge is 2.27. The molecule has 2 rings (SSSR count). The maximum Gasteiger partial charge on any atom is 0.269 e. The quantitative estimate of drug-likeness (QED) is 0.696. The van der Waals surface area contributed by atoms with Crippen molar-refractivity contribution in [2.24, 2.45) is 11.7 Å². The van der Waals surface area contributed by atoms with E-state index < -0.39 is 0 Å². The first-order valence-electron chi connectivity index (χ1n) is 5.88. The van der Waals surface area contributed by atoms with Crippen LogP contribution in [0.25, 0.3) is 0 Å². The number of carbonyl (C=O) groups is 1. The largest absolute Gasteiger partial charge is 0.383 e. The normalized spacial score (nSPS) is 16.4. The van der Waals surface area contributed by atoms with Crippen LogP contribution < -0.4 is 16.4 Å². The van der Waals surface area contributed by atoms with Gasteiger partial charge < -0.3 is 16.4 Å². The van der Waals surface area contributed by atoms with E-state index in [9.17, 15) is 4.79 Å². The van der Waals surface area contributed by atoms with E-state index in [1.165, 1.54) is 12.8 Å². The van der Waals surface area contributed by atoms with E-state index >= 15 is 0 Å². The second-order valence-corrected chi connectivity index (χ2v) is 4.39. The van der Waals surface area contributed by atoms with Crippen molar-refractivity contribution < 1.29 is 4.79 Å². The van der Waals surface area contributed by atoms with E-state index in [1.54, 1.807) is 19.3 Å². The van der Waals surface area contributed by atoms with E-state index in [2.05, 4.69) is 15.6 Å². The van der Waals surface area contributed by atoms with Crippen LogP contribution in [-0.4, -0.2) is 30.5 Å². The van der Waals surface area contributed by atoms with Gasteiger partial charge in [0.25, 0.3) is 5.91 Å². The fourth-order valence-corrected chi connectivity index (χ4v) is 1.72. The molecule has 92 valence electrons. The predicted molar refractivity (Wildman–Crippen MR) is 66.8 cm³/mol. The minimum absolute atomic E-state index is 0.180. The Morgan fingerprint density at radius 3 is 3.06 bits per heavy atom. The first kappa shape index (κ1) is 11.9. The van der Waals surface area contributed by atoms with E-state index in [4.69, 9.17) is 5.73 Å². The molecular formula is C12H18N4O. The summed E-state index contributed by atoms with van der Waals surface area (Å²) in [6.45, 7) is 0.738. The fourth-order valence-electron chi connectivity index (χ4n) is 1.72. The minimum atomic E-state index is -0.180. The van der Waals surface area contributed by atoms with Crippen LogP contribution in [0.3, 0.4) is 0 Å². The zero-order valence-corrected chi connectivity index (χ0v) is 9.94. The van der Waals surface area contributed by atoms with Gasteiger partial charge in [0, 0.05) is 31.5 Å². The molecule has 5 nitrogen and oxygen atoms in total. The lowest BCUT2D eigenvalue weighted by atomic mass is 10.2. The molecule has 0 bridgehead atoms. The molecule has 1 atom stereocenters. The molecule has 1 fully saturated rings. The molecule has 17 heavy (non-hydrogen) atoms. The second kappa shape index (κ2) is 5.14. The molecular weight excluding hydrogens is 216 g/mol. The van der Waals surface area contributed by atoms with Gasteiger partial charge in [-0.25, -0.2) is 0 Å². The number of nitrogens with zero attached hydrogens (tertiary/aromatic N) is 1. The summed E-state index contributed by atoms with van der Waals surface area (Å²) in [6, 6.07) is 3.77. The summed E-state index contributed by atoms with van der Waals surface area (Å²) in [5.74, 6) is 0.489. The maximum absolute atomic E-state index is 11.4. The smallest absolute Gasteiger partial charge is 0.269 e. The standard InChI is InChI=1S/C12H18N4O/c1-14-12(17)11-6-9(4-5-15-11)16-7-10(13)8-2-3-8/h4-6,8,10H,2-3,7,13H2,1H3,(H,14,17)(H,15,16). The molecule has 4 N–H and O–H groups in total. The molecule has 1 aliphatic rings. The molecule has 0 radical (unpaired) electrons. The average Bonchev–Trinajstić information content (AvgIpc) is 3.19. The topological polar surface area (TPSA) is 80.0 Å². The number of rotatable bonds is 5. The Morgan fingerprint density at radius 2 is 2.41 bits per heavy atom. The lowest BCUT2D eigenvalue weighted by Crippen LogP contribution is -2.31. The number of pyridine rings is 1. The summed E-state index contributed by atoms with van der Waals surface area (Å²) in [7, 11) is 1.59. The number of hydrogen-bond donors (Lipinski definition) is 3. The average molecular weight is 234 g/mol. The van der Waals surface area contributed by atoms with Crippen molar-refractivity contribution in [1.29, 1.82) is 0 Å². The summed E-state index contributed by atoms with van der Waals surface area (Å²) < 4.78 is 0. The Balaban J connectivity index is 1.93. The van der Waals surface area contributed by atoms with Crippen molar-refractivity contribution >= 4 is 11.6 Å². The Hall–Kier alpha value is -1.62. The van der Waals surface area contributed by atoms with E-state index in [-0.39, 0.29) is 11.9 Å². The first-order chi connectivity index (χ1) is 8.20. The molecule has 1 aliphatic carbocycles. The molecule has 1 aromatic heterocycles. The molecule has 1 saturated carbocycles. The summed E-state index contributed by atoms with van der Waals surface area (Å²) in [5.41, 5.74) is 7.29. The van der Waals surface area contributed by atoms with Gasteiger partial charge >= 0.3 is 0 Å². The molecule has 0 aromatic carbocycles. The van der Waals surface area contributed by atoms with Crippen LogP contribution in [0.15, 0.2) is 18.3 Å². The van der Waals surface area contributed by atoms with Gasteiger partial charge in [0.15, 0.2) is 0 Å². The summed E-state index contributed by atoms with van der Waals surface area (Å²) in [6.07, 6.45) is 4.10. The number of hydrogen-bond acceptors (Lipinski definition) is 4. The fraction of sp³-hybridized carbons (Fsp3) is 0.500. The van der Waals surface area contributed by atoms with Gasteiger partial charge in [0.1, 0.15) is 5.69 Å². The monoisotopic (exact) mass is 234 g/mol. The van der Waals surface area contributed by atoms with Crippen LogP contribution in [0.2, 0.25) is 0 Å². The molecule has 5 heteroatoms. The van der Waals surface area contributed by atoms with Crippen molar-refractivity contribution in [2.45, 2.75) is 18.9 Å². The first-order valence-corrected chi connectivity index (χ1v) is 5.88. The molecule has 0 aliphatic heterocycles. The number of carbonyl (C=O) groups excluding carboxylic acids is 1. The van der Waals surface area contributed by atoms with Crippen LogP contribution >= 0.6 is 0 Å². The zero-order valence-electron chi connectivity index (χ0n) is 9.94. The minimum Gasteiger partial charge on any atom is -0.383 e. The summed E-state index contributed by atoms with van der Waals surface area (Å²) >= 11 is 0. The van der Waals surface area contributed by atoms with Gasteiger partial charge in [-0.2, -0.15) is 0 Å². The van der Waals surface area contributed by atoms with Gasteiger partial charge in [-0.15, -0.1) is 0 Å². The predicted octanol–water partition coefficient (Wildman–Crippen LogP) is 0.590. The second-order valence-electron chi connectivity index (χ2n) is 4.39.